The highest BCUT2D eigenvalue weighted by Gasteiger charge is 2.12. The summed E-state index contributed by atoms with van der Waals surface area (Å²) in [4.78, 5) is 15.4. The third-order valence-corrected chi connectivity index (χ3v) is 3.32. The molecule has 20 heavy (non-hydrogen) atoms. The Morgan fingerprint density at radius 3 is 2.85 bits per heavy atom. The van der Waals surface area contributed by atoms with Crippen LogP contribution in [0.5, 0.6) is 5.75 Å². The van der Waals surface area contributed by atoms with Gasteiger partial charge in [-0.1, -0.05) is 17.8 Å². The van der Waals surface area contributed by atoms with Crippen LogP contribution in [0.3, 0.4) is 0 Å². The minimum atomic E-state index is -0.488. The first kappa shape index (κ1) is 14.1. The Kier molecular flexibility index (Phi) is 4.38. The molecule has 0 aliphatic heterocycles. The molecule has 2 aromatic rings. The van der Waals surface area contributed by atoms with Crippen molar-refractivity contribution in [2.45, 2.75) is 9.92 Å². The number of hydrogen-bond acceptors (Lipinski definition) is 7. The van der Waals surface area contributed by atoms with E-state index in [1.807, 2.05) is 24.3 Å². The van der Waals surface area contributed by atoms with Crippen LogP contribution in [-0.4, -0.2) is 17.0 Å². The first-order chi connectivity index (χ1) is 9.62. The SMILES string of the molecule is COc1cccc(Sc2cc([N+](=O)[O-])cc(NN)n2)c1. The highest BCUT2D eigenvalue weighted by Crippen LogP contribution is 2.31. The van der Waals surface area contributed by atoms with Gasteiger partial charge in [0.05, 0.1) is 18.1 Å². The second-order valence-electron chi connectivity index (χ2n) is 3.73. The summed E-state index contributed by atoms with van der Waals surface area (Å²) < 4.78 is 5.13. The Bertz CT molecular complexity index is 636. The molecule has 0 fully saturated rings. The number of hydrazine groups is 1. The highest BCUT2D eigenvalue weighted by atomic mass is 32.2. The average Bonchev–Trinajstić information content (AvgIpc) is 2.47. The van der Waals surface area contributed by atoms with Crippen molar-refractivity contribution in [3.8, 4) is 5.75 Å². The first-order valence-electron chi connectivity index (χ1n) is 5.57. The number of nitrogen functional groups attached to an aromatic ring is 1. The molecule has 0 aliphatic carbocycles. The molecule has 0 aliphatic rings. The summed E-state index contributed by atoms with van der Waals surface area (Å²) in [6.45, 7) is 0. The van der Waals surface area contributed by atoms with Crippen LogP contribution in [0.4, 0.5) is 11.5 Å². The van der Waals surface area contributed by atoms with E-state index in [9.17, 15) is 10.1 Å². The molecule has 2 rings (SSSR count). The maximum Gasteiger partial charge on any atom is 0.275 e. The summed E-state index contributed by atoms with van der Waals surface area (Å²) in [5.74, 6) is 6.21. The average molecular weight is 292 g/mol. The number of nitrogens with two attached hydrogens (primary N) is 1. The summed E-state index contributed by atoms with van der Waals surface area (Å²) in [7, 11) is 1.58. The van der Waals surface area contributed by atoms with Crippen LogP contribution >= 0.6 is 11.8 Å². The van der Waals surface area contributed by atoms with Gasteiger partial charge in [0.2, 0.25) is 0 Å². The number of nitrogens with one attached hydrogen (secondary N) is 1. The quantitative estimate of drug-likeness (QED) is 0.495. The van der Waals surface area contributed by atoms with E-state index in [-0.39, 0.29) is 11.5 Å². The Hall–Kier alpha value is -2.32. The van der Waals surface area contributed by atoms with Gasteiger partial charge in [-0.15, -0.1) is 0 Å². The number of methoxy groups -OCH3 is 1. The van der Waals surface area contributed by atoms with Gasteiger partial charge in [0.25, 0.3) is 5.69 Å². The van der Waals surface area contributed by atoms with E-state index in [4.69, 9.17) is 10.6 Å². The van der Waals surface area contributed by atoms with Crippen molar-refractivity contribution < 1.29 is 9.66 Å². The number of pyridine rings is 1. The van der Waals surface area contributed by atoms with Gasteiger partial charge in [-0.2, -0.15) is 0 Å². The summed E-state index contributed by atoms with van der Waals surface area (Å²) >= 11 is 1.29. The van der Waals surface area contributed by atoms with Crippen LogP contribution in [0.15, 0.2) is 46.3 Å². The molecule has 7 nitrogen and oxygen atoms in total. The monoisotopic (exact) mass is 292 g/mol. The van der Waals surface area contributed by atoms with Crippen LogP contribution in [0.25, 0.3) is 0 Å². The molecule has 0 amide bonds. The number of anilines is 1. The zero-order chi connectivity index (χ0) is 14.5. The van der Waals surface area contributed by atoms with Crippen molar-refractivity contribution >= 4 is 23.3 Å². The molecule has 0 atom stereocenters. The molecule has 1 heterocycles. The lowest BCUT2D eigenvalue weighted by Gasteiger charge is -2.05. The number of hydrogen-bond donors (Lipinski definition) is 2. The summed E-state index contributed by atoms with van der Waals surface area (Å²) in [6.07, 6.45) is 0. The topological polar surface area (TPSA) is 103 Å². The van der Waals surface area contributed by atoms with Crippen LogP contribution in [0, 0.1) is 10.1 Å². The first-order valence-corrected chi connectivity index (χ1v) is 6.39. The molecule has 0 radical (unpaired) electrons. The molecule has 1 aromatic heterocycles. The molecule has 104 valence electrons. The van der Waals surface area contributed by atoms with Crippen LogP contribution < -0.4 is 16.0 Å². The summed E-state index contributed by atoms with van der Waals surface area (Å²) in [6, 6.07) is 10.0. The standard InChI is InChI=1S/C12H12N4O3S/c1-19-9-3-2-4-10(7-9)20-12-6-8(16(17)18)5-11(14-12)15-13/h2-7H,13H2,1H3,(H,14,15). The Balaban J connectivity index is 2.32. The van der Waals surface area contributed by atoms with Gasteiger partial charge in [0, 0.05) is 11.0 Å². The van der Waals surface area contributed by atoms with Gasteiger partial charge in [-0.3, -0.25) is 10.1 Å². The highest BCUT2D eigenvalue weighted by molar-refractivity contribution is 7.99. The summed E-state index contributed by atoms with van der Waals surface area (Å²) in [5, 5.41) is 11.3. The van der Waals surface area contributed by atoms with E-state index in [2.05, 4.69) is 10.4 Å². The predicted octanol–water partition coefficient (Wildman–Crippen LogP) is 2.44. The van der Waals surface area contributed by atoms with Gasteiger partial charge in [0.15, 0.2) is 0 Å². The molecular formula is C12H12N4O3S. The van der Waals surface area contributed by atoms with Crippen molar-refractivity contribution in [1.82, 2.24) is 4.98 Å². The van der Waals surface area contributed by atoms with Crippen LogP contribution in [0.2, 0.25) is 0 Å². The smallest absolute Gasteiger partial charge is 0.275 e. The van der Waals surface area contributed by atoms with Gasteiger partial charge in [0.1, 0.15) is 16.6 Å². The lowest BCUT2D eigenvalue weighted by Crippen LogP contribution is -2.09. The van der Waals surface area contributed by atoms with Gasteiger partial charge in [-0.25, -0.2) is 10.8 Å². The molecule has 8 heteroatoms. The van der Waals surface area contributed by atoms with Gasteiger partial charge >= 0.3 is 0 Å². The molecule has 0 bridgehead atoms. The second-order valence-corrected chi connectivity index (χ2v) is 4.83. The van der Waals surface area contributed by atoms with E-state index in [0.29, 0.717) is 10.8 Å². The van der Waals surface area contributed by atoms with Crippen molar-refractivity contribution in [1.29, 1.82) is 0 Å². The maximum absolute atomic E-state index is 10.9. The normalized spacial score (nSPS) is 10.1. The molecule has 0 spiro atoms. The second kappa shape index (κ2) is 6.22. The lowest BCUT2D eigenvalue weighted by molar-refractivity contribution is -0.385. The molecule has 0 unspecified atom stereocenters. The Morgan fingerprint density at radius 2 is 2.20 bits per heavy atom. The largest absolute Gasteiger partial charge is 0.497 e. The molecule has 1 aromatic carbocycles. The van der Waals surface area contributed by atoms with E-state index in [1.54, 1.807) is 7.11 Å². The number of rotatable bonds is 5. The summed E-state index contributed by atoms with van der Waals surface area (Å²) in [5.41, 5.74) is 2.25. The minimum absolute atomic E-state index is 0.0710. The molecule has 3 N–H and O–H groups in total. The van der Waals surface area contributed by atoms with E-state index in [0.717, 1.165) is 4.90 Å². The van der Waals surface area contributed by atoms with Crippen molar-refractivity contribution in [3.05, 3.63) is 46.5 Å². The van der Waals surface area contributed by atoms with Crippen molar-refractivity contribution in [2.24, 2.45) is 5.84 Å². The van der Waals surface area contributed by atoms with Crippen molar-refractivity contribution in [3.63, 3.8) is 0 Å². The number of nitro groups is 1. The van der Waals surface area contributed by atoms with Gasteiger partial charge < -0.3 is 10.2 Å². The lowest BCUT2D eigenvalue weighted by atomic mass is 10.3. The fourth-order valence-electron chi connectivity index (χ4n) is 1.51. The molecular weight excluding hydrogens is 280 g/mol. The molecule has 0 saturated carbocycles. The van der Waals surface area contributed by atoms with Crippen molar-refractivity contribution in [2.75, 3.05) is 12.5 Å². The maximum atomic E-state index is 10.9. The fraction of sp³-hybridized carbons (Fsp3) is 0.0833. The van der Waals surface area contributed by atoms with E-state index >= 15 is 0 Å². The van der Waals surface area contributed by atoms with Crippen LogP contribution in [-0.2, 0) is 0 Å². The third-order valence-electron chi connectivity index (χ3n) is 2.41. The fourth-order valence-corrected chi connectivity index (χ4v) is 2.40. The number of ether oxygens (including phenoxy) is 1. The predicted molar refractivity (Wildman–Crippen MR) is 75.8 cm³/mol. The number of aromatic nitrogens is 1. The zero-order valence-corrected chi connectivity index (χ0v) is 11.4. The Labute approximate surface area is 119 Å². The minimum Gasteiger partial charge on any atom is -0.497 e. The zero-order valence-electron chi connectivity index (χ0n) is 10.6. The van der Waals surface area contributed by atoms with E-state index in [1.165, 1.54) is 23.9 Å². The third kappa shape index (κ3) is 3.37. The number of nitrogens with zero attached hydrogens (tertiary/aromatic N) is 2. The van der Waals surface area contributed by atoms with Gasteiger partial charge in [-0.05, 0) is 18.2 Å². The van der Waals surface area contributed by atoms with Crippen LogP contribution in [0.1, 0.15) is 0 Å². The van der Waals surface area contributed by atoms with E-state index < -0.39 is 4.92 Å². The molecule has 0 saturated heterocycles. The Morgan fingerprint density at radius 1 is 1.40 bits per heavy atom. The number of benzene rings is 1.